The van der Waals surface area contributed by atoms with E-state index in [1.807, 2.05) is 19.1 Å². The Balaban J connectivity index is 2.47. The zero-order chi connectivity index (χ0) is 9.68. The lowest BCUT2D eigenvalue weighted by molar-refractivity contribution is 0.744. The van der Waals surface area contributed by atoms with E-state index in [1.165, 1.54) is 5.56 Å². The smallest absolute Gasteiger partial charge is 0.221 e. The summed E-state index contributed by atoms with van der Waals surface area (Å²) in [5.74, 6) is 0. The van der Waals surface area contributed by atoms with Gasteiger partial charge in [0.25, 0.3) is 0 Å². The Bertz CT molecular complexity index is 297. The minimum absolute atomic E-state index is 0.142. The first-order valence-electron chi connectivity index (χ1n) is 4.33. The molecule has 1 aromatic rings. The average Bonchev–Trinajstić information content (AvgIpc) is 2.16. The van der Waals surface area contributed by atoms with Gasteiger partial charge in [0.05, 0.1) is 0 Å². The highest BCUT2D eigenvalue weighted by atomic mass is 79.9. The largest absolute Gasteiger partial charge is 0.314 e. The molecule has 0 radical (unpaired) electrons. The van der Waals surface area contributed by atoms with Crippen molar-refractivity contribution in [1.29, 1.82) is 0 Å². The quantitative estimate of drug-likeness (QED) is 0.707. The highest BCUT2D eigenvalue weighted by Crippen LogP contribution is 2.12. The molecule has 0 amide bonds. The lowest BCUT2D eigenvalue weighted by Gasteiger charge is -2.00. The number of halogens is 1. The number of nitrogens with zero attached hydrogens (tertiary/aromatic N) is 1. The molecular weight excluding hydrogens is 226 g/mol. The molecule has 0 bridgehead atoms. The van der Waals surface area contributed by atoms with E-state index < -0.39 is 0 Å². The second-order valence-corrected chi connectivity index (χ2v) is 4.06. The van der Waals surface area contributed by atoms with E-state index in [9.17, 15) is 0 Å². The summed E-state index contributed by atoms with van der Waals surface area (Å²) in [5, 5.41) is 0. The Morgan fingerprint density at radius 1 is 1.38 bits per heavy atom. The Hall–Kier alpha value is -0.810. The molecule has 0 N–H and O–H groups in total. The Labute approximate surface area is 87.7 Å². The molecule has 1 aromatic carbocycles. The first-order chi connectivity index (χ1) is 6.22. The maximum atomic E-state index is 6.83. The summed E-state index contributed by atoms with van der Waals surface area (Å²) in [4.78, 5) is 3.46. The van der Waals surface area contributed by atoms with Crippen molar-refractivity contribution in [3.8, 4) is 0 Å². The van der Waals surface area contributed by atoms with Gasteiger partial charge in [-0.3, -0.25) is 0 Å². The number of benzene rings is 1. The molecule has 1 atom stereocenters. The average molecular weight is 238 g/mol. The normalized spacial score (nSPS) is 12.1. The van der Waals surface area contributed by atoms with Crippen LogP contribution in [0.3, 0.4) is 0 Å². The number of hydrogen-bond acceptors (Lipinski definition) is 0. The van der Waals surface area contributed by atoms with Gasteiger partial charge < -0.3 is 4.85 Å². The van der Waals surface area contributed by atoms with Crippen LogP contribution in [0.2, 0.25) is 0 Å². The molecule has 0 aliphatic carbocycles. The van der Waals surface area contributed by atoms with Crippen LogP contribution in [0.1, 0.15) is 18.9 Å². The van der Waals surface area contributed by atoms with Crippen LogP contribution in [-0.2, 0) is 6.42 Å². The SMILES string of the molecule is [C-]#[N+]C(C)CCc1ccc(Br)cc1. The van der Waals surface area contributed by atoms with Crippen LogP contribution in [0.5, 0.6) is 0 Å². The third-order valence-corrected chi connectivity index (χ3v) is 2.51. The Kier molecular flexibility index (Phi) is 3.98. The number of rotatable bonds is 3. The molecule has 0 aromatic heterocycles. The first-order valence-corrected chi connectivity index (χ1v) is 5.12. The molecule has 2 heteroatoms. The van der Waals surface area contributed by atoms with Crippen molar-refractivity contribution < 1.29 is 0 Å². The van der Waals surface area contributed by atoms with Crippen molar-refractivity contribution in [3.63, 3.8) is 0 Å². The molecule has 0 aliphatic heterocycles. The summed E-state index contributed by atoms with van der Waals surface area (Å²) in [6.07, 6.45) is 1.95. The molecular formula is C11H12BrN. The second kappa shape index (κ2) is 5.04. The van der Waals surface area contributed by atoms with Crippen molar-refractivity contribution in [1.82, 2.24) is 0 Å². The van der Waals surface area contributed by atoms with Gasteiger partial charge >= 0.3 is 0 Å². The van der Waals surface area contributed by atoms with E-state index in [0.717, 1.165) is 17.3 Å². The van der Waals surface area contributed by atoms with E-state index in [-0.39, 0.29) is 6.04 Å². The molecule has 0 heterocycles. The van der Waals surface area contributed by atoms with Gasteiger partial charge in [-0.2, -0.15) is 0 Å². The lowest BCUT2D eigenvalue weighted by atomic mass is 10.1. The summed E-state index contributed by atoms with van der Waals surface area (Å²) in [7, 11) is 0. The standard InChI is InChI=1S/C11H12BrN/c1-9(13-2)3-4-10-5-7-11(12)8-6-10/h5-9H,3-4H2,1H3. The molecule has 1 nitrogen and oxygen atoms in total. The van der Waals surface area contributed by atoms with Crippen LogP contribution in [0.25, 0.3) is 4.85 Å². The predicted molar refractivity (Wildman–Crippen MR) is 58.5 cm³/mol. The number of hydrogen-bond donors (Lipinski definition) is 0. The molecule has 0 saturated heterocycles. The molecule has 1 unspecified atom stereocenters. The van der Waals surface area contributed by atoms with Gasteiger partial charge in [-0.15, -0.1) is 0 Å². The van der Waals surface area contributed by atoms with Gasteiger partial charge in [0.15, 0.2) is 0 Å². The van der Waals surface area contributed by atoms with Crippen LogP contribution in [0.4, 0.5) is 0 Å². The van der Waals surface area contributed by atoms with E-state index in [1.54, 1.807) is 0 Å². The first kappa shape index (κ1) is 10.3. The summed E-state index contributed by atoms with van der Waals surface area (Å²) >= 11 is 3.39. The van der Waals surface area contributed by atoms with Crippen LogP contribution in [0.15, 0.2) is 28.7 Å². The van der Waals surface area contributed by atoms with Crippen molar-refractivity contribution in [3.05, 3.63) is 45.7 Å². The second-order valence-electron chi connectivity index (χ2n) is 3.14. The van der Waals surface area contributed by atoms with E-state index in [0.29, 0.717) is 0 Å². The van der Waals surface area contributed by atoms with Crippen molar-refractivity contribution in [2.45, 2.75) is 25.8 Å². The fourth-order valence-electron chi connectivity index (χ4n) is 1.09. The highest BCUT2D eigenvalue weighted by Gasteiger charge is 2.03. The van der Waals surface area contributed by atoms with Gasteiger partial charge in [-0.05, 0) is 24.1 Å². The molecule has 68 valence electrons. The summed E-state index contributed by atoms with van der Waals surface area (Å²) < 4.78 is 1.11. The predicted octanol–water partition coefficient (Wildman–Crippen LogP) is 3.69. The Morgan fingerprint density at radius 3 is 2.54 bits per heavy atom. The van der Waals surface area contributed by atoms with Crippen molar-refractivity contribution >= 4 is 15.9 Å². The van der Waals surface area contributed by atoms with E-state index >= 15 is 0 Å². The lowest BCUT2D eigenvalue weighted by Crippen LogP contribution is -1.97. The highest BCUT2D eigenvalue weighted by molar-refractivity contribution is 9.10. The van der Waals surface area contributed by atoms with Crippen LogP contribution < -0.4 is 0 Å². The van der Waals surface area contributed by atoms with Crippen LogP contribution >= 0.6 is 15.9 Å². The van der Waals surface area contributed by atoms with Gasteiger partial charge in [0, 0.05) is 17.8 Å². The summed E-state index contributed by atoms with van der Waals surface area (Å²) in [6.45, 7) is 8.79. The van der Waals surface area contributed by atoms with Gasteiger partial charge in [-0.25, -0.2) is 6.57 Å². The monoisotopic (exact) mass is 237 g/mol. The van der Waals surface area contributed by atoms with Gasteiger partial charge in [0.1, 0.15) is 0 Å². The van der Waals surface area contributed by atoms with E-state index in [2.05, 4.69) is 32.9 Å². The minimum atomic E-state index is 0.142. The maximum Gasteiger partial charge on any atom is 0.221 e. The third-order valence-electron chi connectivity index (χ3n) is 1.98. The van der Waals surface area contributed by atoms with Crippen LogP contribution in [0, 0.1) is 6.57 Å². The molecule has 13 heavy (non-hydrogen) atoms. The molecule has 0 aliphatic rings. The minimum Gasteiger partial charge on any atom is -0.314 e. The molecule has 0 fully saturated rings. The van der Waals surface area contributed by atoms with Crippen molar-refractivity contribution in [2.24, 2.45) is 0 Å². The molecule has 1 rings (SSSR count). The summed E-state index contributed by atoms with van der Waals surface area (Å²) in [6, 6.07) is 8.42. The zero-order valence-corrected chi connectivity index (χ0v) is 9.21. The summed E-state index contributed by atoms with van der Waals surface area (Å²) in [5.41, 5.74) is 1.30. The third kappa shape index (κ3) is 3.61. The number of aryl methyl sites for hydroxylation is 1. The van der Waals surface area contributed by atoms with Crippen LogP contribution in [-0.4, -0.2) is 6.04 Å². The maximum absolute atomic E-state index is 6.83. The van der Waals surface area contributed by atoms with Crippen molar-refractivity contribution in [2.75, 3.05) is 0 Å². The van der Waals surface area contributed by atoms with E-state index in [4.69, 9.17) is 6.57 Å². The Morgan fingerprint density at radius 2 is 2.00 bits per heavy atom. The topological polar surface area (TPSA) is 4.36 Å². The molecule has 0 saturated carbocycles. The zero-order valence-electron chi connectivity index (χ0n) is 7.63. The van der Waals surface area contributed by atoms with Gasteiger partial charge in [0.2, 0.25) is 6.04 Å². The fraction of sp³-hybridized carbons (Fsp3) is 0.364. The fourth-order valence-corrected chi connectivity index (χ4v) is 1.36. The molecule has 0 spiro atoms. The van der Waals surface area contributed by atoms with Gasteiger partial charge in [-0.1, -0.05) is 28.1 Å².